The third-order valence-electron chi connectivity index (χ3n) is 4.10. The quantitative estimate of drug-likeness (QED) is 0.585. The Hall–Kier alpha value is -3.47. The number of hydrogen-bond donors (Lipinski definition) is 1. The van der Waals surface area contributed by atoms with E-state index < -0.39 is 5.97 Å². The molecule has 0 aliphatic carbocycles. The molecule has 0 aromatic heterocycles. The van der Waals surface area contributed by atoms with Crippen LogP contribution in [0, 0.1) is 0 Å². The topological polar surface area (TPSA) is 65.0 Å². The molecule has 0 saturated carbocycles. The summed E-state index contributed by atoms with van der Waals surface area (Å²) in [5.74, 6) is 1.68. The van der Waals surface area contributed by atoms with Crippen molar-refractivity contribution in [1.82, 2.24) is 0 Å². The highest BCUT2D eigenvalue weighted by Gasteiger charge is 2.08. The molecule has 0 spiro atoms. The van der Waals surface area contributed by atoms with Crippen LogP contribution in [0.4, 0.5) is 0 Å². The number of carbonyl (C=O) groups is 1. The lowest BCUT2D eigenvalue weighted by Crippen LogP contribution is -2.01. The zero-order valence-corrected chi connectivity index (χ0v) is 15.8. The molecule has 0 aliphatic heterocycles. The predicted octanol–water partition coefficient (Wildman–Crippen LogP) is 5.18. The van der Waals surface area contributed by atoms with E-state index in [4.69, 9.17) is 19.3 Å². The van der Waals surface area contributed by atoms with E-state index in [2.05, 4.69) is 0 Å². The predicted molar refractivity (Wildman–Crippen MR) is 107 cm³/mol. The molecule has 0 aliphatic rings. The molecule has 5 heteroatoms. The summed E-state index contributed by atoms with van der Waals surface area (Å²) in [5, 5.41) is 9.08. The van der Waals surface area contributed by atoms with Crippen molar-refractivity contribution >= 4 is 5.97 Å². The van der Waals surface area contributed by atoms with Crippen LogP contribution in [0.5, 0.6) is 23.0 Å². The van der Waals surface area contributed by atoms with E-state index in [0.717, 1.165) is 16.9 Å². The van der Waals surface area contributed by atoms with E-state index >= 15 is 0 Å². The molecule has 0 bridgehead atoms. The van der Waals surface area contributed by atoms with Gasteiger partial charge in [-0.1, -0.05) is 24.3 Å². The molecule has 3 aromatic carbocycles. The first-order valence-electron chi connectivity index (χ1n) is 8.98. The number of methoxy groups -OCH3 is 1. The Morgan fingerprint density at radius 2 is 1.61 bits per heavy atom. The van der Waals surface area contributed by atoms with Crippen molar-refractivity contribution < 1.29 is 24.1 Å². The summed E-state index contributed by atoms with van der Waals surface area (Å²) in [7, 11) is 1.64. The van der Waals surface area contributed by atoms with E-state index in [1.54, 1.807) is 25.3 Å². The minimum Gasteiger partial charge on any atom is -0.497 e. The highest BCUT2D eigenvalue weighted by atomic mass is 16.5. The lowest BCUT2D eigenvalue weighted by atomic mass is 10.1. The van der Waals surface area contributed by atoms with Crippen LogP contribution >= 0.6 is 0 Å². The molecule has 5 nitrogen and oxygen atoms in total. The van der Waals surface area contributed by atoms with Crippen molar-refractivity contribution in [3.05, 3.63) is 72.3 Å². The number of ether oxygens (including phenoxy) is 3. The number of carboxylic acid groups (broad SMARTS) is 1. The number of benzene rings is 3. The fourth-order valence-corrected chi connectivity index (χ4v) is 2.87. The summed E-state index contributed by atoms with van der Waals surface area (Å²) >= 11 is 0. The zero-order valence-electron chi connectivity index (χ0n) is 15.8. The number of carboxylic acids is 1. The molecule has 0 atom stereocenters. The van der Waals surface area contributed by atoms with Crippen LogP contribution < -0.4 is 14.2 Å². The van der Waals surface area contributed by atoms with Crippen molar-refractivity contribution in [3.63, 3.8) is 0 Å². The van der Waals surface area contributed by atoms with Gasteiger partial charge in [-0.05, 0) is 60.0 Å². The Labute approximate surface area is 164 Å². The van der Waals surface area contributed by atoms with Gasteiger partial charge in [-0.3, -0.25) is 4.79 Å². The smallest absolute Gasteiger partial charge is 0.307 e. The Morgan fingerprint density at radius 3 is 2.29 bits per heavy atom. The van der Waals surface area contributed by atoms with Gasteiger partial charge >= 0.3 is 5.97 Å². The van der Waals surface area contributed by atoms with Gasteiger partial charge in [-0.2, -0.15) is 0 Å². The first-order chi connectivity index (χ1) is 13.6. The Morgan fingerprint density at radius 1 is 0.857 bits per heavy atom. The van der Waals surface area contributed by atoms with Crippen LogP contribution in [0.1, 0.15) is 12.5 Å². The van der Waals surface area contributed by atoms with Gasteiger partial charge in [-0.25, -0.2) is 0 Å². The summed E-state index contributed by atoms with van der Waals surface area (Å²) in [4.78, 5) is 11.1. The zero-order chi connectivity index (χ0) is 19.9. The Bertz CT molecular complexity index is 947. The van der Waals surface area contributed by atoms with Crippen molar-refractivity contribution in [2.75, 3.05) is 13.7 Å². The standard InChI is InChI=1S/C23H22O5/c1-3-27-21-11-16(13-23(24)25)12-22(15-21)28-20-6-4-5-18(14-20)17-7-9-19(26-2)10-8-17/h4-12,14-15H,3,13H2,1-2H3,(H,24,25). The van der Waals surface area contributed by atoms with E-state index in [1.807, 2.05) is 55.5 Å². The van der Waals surface area contributed by atoms with Gasteiger partial charge < -0.3 is 19.3 Å². The largest absolute Gasteiger partial charge is 0.497 e. The van der Waals surface area contributed by atoms with Crippen molar-refractivity contribution in [1.29, 1.82) is 0 Å². The molecule has 3 aromatic rings. The average molecular weight is 378 g/mol. The maximum absolute atomic E-state index is 11.1. The van der Waals surface area contributed by atoms with Crippen LogP contribution in [0.3, 0.4) is 0 Å². The highest BCUT2D eigenvalue weighted by Crippen LogP contribution is 2.31. The van der Waals surface area contributed by atoms with Crippen LogP contribution in [0.15, 0.2) is 66.7 Å². The Balaban J connectivity index is 1.86. The van der Waals surface area contributed by atoms with E-state index in [0.29, 0.717) is 29.4 Å². The van der Waals surface area contributed by atoms with Crippen molar-refractivity contribution in [2.24, 2.45) is 0 Å². The first-order valence-corrected chi connectivity index (χ1v) is 8.98. The monoisotopic (exact) mass is 378 g/mol. The second-order valence-corrected chi connectivity index (χ2v) is 6.17. The van der Waals surface area contributed by atoms with E-state index in [1.165, 1.54) is 0 Å². The third kappa shape index (κ3) is 5.04. The molecular weight excluding hydrogens is 356 g/mol. The normalized spacial score (nSPS) is 10.4. The fourth-order valence-electron chi connectivity index (χ4n) is 2.87. The molecule has 0 unspecified atom stereocenters. The highest BCUT2D eigenvalue weighted by molar-refractivity contribution is 5.71. The summed E-state index contributed by atoms with van der Waals surface area (Å²) in [6.45, 7) is 2.37. The first kappa shape index (κ1) is 19.3. The lowest BCUT2D eigenvalue weighted by molar-refractivity contribution is -0.136. The van der Waals surface area contributed by atoms with E-state index in [-0.39, 0.29) is 6.42 Å². The van der Waals surface area contributed by atoms with Crippen LogP contribution in [0.25, 0.3) is 11.1 Å². The molecule has 0 saturated heterocycles. The maximum Gasteiger partial charge on any atom is 0.307 e. The molecule has 1 N–H and O–H groups in total. The minimum atomic E-state index is -0.902. The van der Waals surface area contributed by atoms with Gasteiger partial charge in [0.2, 0.25) is 0 Å². The van der Waals surface area contributed by atoms with Gasteiger partial charge in [-0.15, -0.1) is 0 Å². The number of rotatable bonds is 8. The van der Waals surface area contributed by atoms with Gasteiger partial charge in [0.05, 0.1) is 20.1 Å². The van der Waals surface area contributed by atoms with Crippen LogP contribution in [-0.2, 0) is 11.2 Å². The molecule has 0 radical (unpaired) electrons. The van der Waals surface area contributed by atoms with Crippen LogP contribution in [0.2, 0.25) is 0 Å². The molecule has 0 amide bonds. The minimum absolute atomic E-state index is 0.0941. The number of aliphatic carboxylic acids is 1. The van der Waals surface area contributed by atoms with Gasteiger partial charge in [0, 0.05) is 6.07 Å². The average Bonchev–Trinajstić information content (AvgIpc) is 2.68. The van der Waals surface area contributed by atoms with Gasteiger partial charge in [0.15, 0.2) is 0 Å². The molecule has 144 valence electrons. The van der Waals surface area contributed by atoms with Crippen LogP contribution in [-0.4, -0.2) is 24.8 Å². The van der Waals surface area contributed by atoms with Crippen molar-refractivity contribution in [2.45, 2.75) is 13.3 Å². The SMILES string of the molecule is CCOc1cc(CC(=O)O)cc(Oc2cccc(-c3ccc(OC)cc3)c2)c1. The molecule has 3 rings (SSSR count). The molecular formula is C23H22O5. The summed E-state index contributed by atoms with van der Waals surface area (Å²) in [5.41, 5.74) is 2.67. The molecule has 28 heavy (non-hydrogen) atoms. The molecule has 0 heterocycles. The van der Waals surface area contributed by atoms with Crippen molar-refractivity contribution in [3.8, 4) is 34.1 Å². The van der Waals surface area contributed by atoms with Gasteiger partial charge in [0.25, 0.3) is 0 Å². The van der Waals surface area contributed by atoms with E-state index in [9.17, 15) is 4.79 Å². The fraction of sp³-hybridized carbons (Fsp3) is 0.174. The van der Waals surface area contributed by atoms with Gasteiger partial charge in [0.1, 0.15) is 23.0 Å². The summed E-state index contributed by atoms with van der Waals surface area (Å²) < 4.78 is 16.7. The second kappa shape index (κ2) is 8.95. The maximum atomic E-state index is 11.1. The second-order valence-electron chi connectivity index (χ2n) is 6.17. The summed E-state index contributed by atoms with van der Waals surface area (Å²) in [6, 6.07) is 20.7. The third-order valence-corrected chi connectivity index (χ3v) is 4.10. The summed E-state index contributed by atoms with van der Waals surface area (Å²) in [6.07, 6.45) is -0.0941. The Kier molecular flexibility index (Phi) is 6.17. The lowest BCUT2D eigenvalue weighted by Gasteiger charge is -2.12. The number of hydrogen-bond acceptors (Lipinski definition) is 4. The molecule has 0 fully saturated rings.